The first-order valence-corrected chi connectivity index (χ1v) is 13.4. The summed E-state index contributed by atoms with van der Waals surface area (Å²) in [7, 11) is 0. The van der Waals surface area contributed by atoms with Crippen molar-refractivity contribution in [3.8, 4) is 23.1 Å². The van der Waals surface area contributed by atoms with E-state index >= 15 is 4.39 Å². The molecule has 5 heterocycles. The number of rotatable bonds is 6. The van der Waals surface area contributed by atoms with Crippen LogP contribution in [-0.2, 0) is 4.79 Å². The quantitative estimate of drug-likeness (QED) is 0.364. The van der Waals surface area contributed by atoms with Gasteiger partial charge in [-0.25, -0.2) is 19.3 Å². The molecule has 2 saturated heterocycles. The van der Waals surface area contributed by atoms with Crippen molar-refractivity contribution in [2.75, 3.05) is 24.2 Å². The molecule has 0 bridgehead atoms. The molecule has 1 aromatic carbocycles. The van der Waals surface area contributed by atoms with Gasteiger partial charge in [0.15, 0.2) is 0 Å². The number of halogens is 1. The number of amides is 2. The minimum absolute atomic E-state index is 0.000404. The van der Waals surface area contributed by atoms with Gasteiger partial charge in [-0.1, -0.05) is 0 Å². The zero-order valence-corrected chi connectivity index (χ0v) is 22.3. The number of carbonyl (C=O) groups is 2. The van der Waals surface area contributed by atoms with Crippen LogP contribution in [0.3, 0.4) is 0 Å². The molecule has 12 heteroatoms. The number of ether oxygens (including phenoxy) is 1. The van der Waals surface area contributed by atoms with Gasteiger partial charge in [0.1, 0.15) is 40.2 Å². The highest BCUT2D eigenvalue weighted by Crippen LogP contribution is 2.41. The fourth-order valence-corrected chi connectivity index (χ4v) is 5.80. The van der Waals surface area contributed by atoms with Crippen molar-refractivity contribution < 1.29 is 18.7 Å². The molecule has 0 radical (unpaired) electrons. The minimum atomic E-state index is -0.729. The van der Waals surface area contributed by atoms with E-state index in [1.165, 1.54) is 24.4 Å². The molecule has 0 spiro atoms. The maximum Gasteiger partial charge on any atom is 0.257 e. The van der Waals surface area contributed by atoms with E-state index in [2.05, 4.69) is 15.3 Å². The van der Waals surface area contributed by atoms with Gasteiger partial charge in [0.25, 0.3) is 5.91 Å². The van der Waals surface area contributed by atoms with E-state index in [-0.39, 0.29) is 58.7 Å². The van der Waals surface area contributed by atoms with Crippen molar-refractivity contribution in [2.24, 2.45) is 0 Å². The van der Waals surface area contributed by atoms with Gasteiger partial charge in [-0.3, -0.25) is 14.0 Å². The van der Waals surface area contributed by atoms with Gasteiger partial charge in [-0.15, -0.1) is 0 Å². The van der Waals surface area contributed by atoms with E-state index < -0.39 is 11.7 Å². The molecule has 2 aliphatic heterocycles. The Bertz CT molecular complexity index is 1730. The van der Waals surface area contributed by atoms with Gasteiger partial charge in [0, 0.05) is 49.1 Å². The number of nitriles is 1. The molecular weight excluding hydrogens is 527 g/mol. The Morgan fingerprint density at radius 2 is 2.10 bits per heavy atom. The second-order valence-electron chi connectivity index (χ2n) is 10.1. The van der Waals surface area contributed by atoms with Crippen LogP contribution >= 0.6 is 0 Å². The number of benzene rings is 1. The van der Waals surface area contributed by atoms with Crippen molar-refractivity contribution in [1.82, 2.24) is 24.3 Å². The van der Waals surface area contributed by atoms with Crippen molar-refractivity contribution >= 4 is 29.0 Å². The molecule has 2 fully saturated rings. The smallest absolute Gasteiger partial charge is 0.257 e. The first-order valence-electron chi connectivity index (χ1n) is 13.4. The maximum absolute atomic E-state index is 16.0. The summed E-state index contributed by atoms with van der Waals surface area (Å²) >= 11 is 0. The van der Waals surface area contributed by atoms with Crippen molar-refractivity contribution in [1.29, 1.82) is 5.26 Å². The van der Waals surface area contributed by atoms with Crippen LogP contribution in [0.15, 0.2) is 42.9 Å². The lowest BCUT2D eigenvalue weighted by molar-refractivity contribution is -0.130. The van der Waals surface area contributed by atoms with Crippen molar-refractivity contribution in [3.05, 3.63) is 65.6 Å². The normalized spacial score (nSPS) is 18.3. The molecule has 0 unspecified atom stereocenters. The second-order valence-corrected chi connectivity index (χ2v) is 10.1. The van der Waals surface area contributed by atoms with Crippen LogP contribution in [0.25, 0.3) is 16.8 Å². The first-order chi connectivity index (χ1) is 19.9. The van der Waals surface area contributed by atoms with E-state index in [1.54, 1.807) is 19.3 Å². The van der Waals surface area contributed by atoms with Crippen LogP contribution in [0.2, 0.25) is 0 Å². The molecule has 3 N–H and O–H groups in total. The van der Waals surface area contributed by atoms with E-state index in [0.29, 0.717) is 29.9 Å². The highest BCUT2D eigenvalue weighted by molar-refractivity contribution is 6.05. The Balaban J connectivity index is 1.42. The van der Waals surface area contributed by atoms with Gasteiger partial charge >= 0.3 is 0 Å². The van der Waals surface area contributed by atoms with Crippen LogP contribution in [0.5, 0.6) is 5.75 Å². The monoisotopic (exact) mass is 554 g/mol. The summed E-state index contributed by atoms with van der Waals surface area (Å²) < 4.78 is 23.6. The van der Waals surface area contributed by atoms with Gasteiger partial charge in [0.05, 0.1) is 23.8 Å². The lowest BCUT2D eigenvalue weighted by Crippen LogP contribution is -2.41. The Labute approximate surface area is 234 Å². The predicted molar refractivity (Wildman–Crippen MR) is 148 cm³/mol. The number of nitrogens with two attached hydrogens (primary N) is 1. The van der Waals surface area contributed by atoms with Gasteiger partial charge in [0.2, 0.25) is 5.91 Å². The van der Waals surface area contributed by atoms with Gasteiger partial charge < -0.3 is 20.7 Å². The van der Waals surface area contributed by atoms with Crippen LogP contribution in [-0.4, -0.2) is 55.3 Å². The minimum Gasteiger partial charge on any atom is -0.493 e. The molecule has 0 aliphatic carbocycles. The number of aromatic nitrogens is 4. The molecule has 11 nitrogen and oxygen atoms in total. The van der Waals surface area contributed by atoms with Crippen molar-refractivity contribution in [3.63, 3.8) is 0 Å². The number of pyridine rings is 1. The Hall–Kier alpha value is -5.05. The molecule has 41 heavy (non-hydrogen) atoms. The number of fused-ring (bicyclic) bond motifs is 2. The van der Waals surface area contributed by atoms with E-state index in [1.807, 2.05) is 15.4 Å². The van der Waals surface area contributed by atoms with E-state index in [0.717, 1.165) is 25.3 Å². The number of carbonyl (C=O) groups excluding carboxylic acids is 2. The molecule has 6 rings (SSSR count). The molecular formula is C29H27FN8O3. The fraction of sp³-hybridized carbons (Fsp3) is 0.310. The molecule has 2 aliphatic rings. The number of nitrogens with zero attached hydrogens (tertiary/aromatic N) is 6. The van der Waals surface area contributed by atoms with Crippen LogP contribution in [0.1, 0.15) is 60.3 Å². The summed E-state index contributed by atoms with van der Waals surface area (Å²) in [5.41, 5.74) is 7.36. The highest BCUT2D eigenvalue weighted by atomic mass is 19.1. The van der Waals surface area contributed by atoms with Crippen molar-refractivity contribution in [2.45, 2.75) is 44.6 Å². The molecule has 2 atom stereocenters. The van der Waals surface area contributed by atoms with Gasteiger partial charge in [-0.2, -0.15) is 5.26 Å². The largest absolute Gasteiger partial charge is 0.493 e. The molecule has 3 aromatic heterocycles. The fourth-order valence-electron chi connectivity index (χ4n) is 5.80. The molecule has 4 aromatic rings. The lowest BCUT2D eigenvalue weighted by atomic mass is 9.92. The Morgan fingerprint density at radius 3 is 2.90 bits per heavy atom. The highest BCUT2D eigenvalue weighted by Gasteiger charge is 2.38. The lowest BCUT2D eigenvalue weighted by Gasteiger charge is -2.34. The summed E-state index contributed by atoms with van der Waals surface area (Å²) in [6, 6.07) is 7.72. The first kappa shape index (κ1) is 26.2. The standard InChI is InChI=1S/C29H27FN8O3/c1-2-41-21-13-18(29(40)35-22-11-16(14-31)7-8-33-22)12-20(30)24(21)25-26-27(32)34-9-10-37(26)28(36-25)17-3-4-19-5-6-23(39)38(19)15-17/h7-13,17,19H,2-6,15H2,1H3,(H2,32,34)(H,33,35,40)/t17-,19+/m1/s1. The topological polar surface area (TPSA) is 152 Å². The molecule has 2 amide bonds. The third-order valence-electron chi connectivity index (χ3n) is 7.68. The van der Waals surface area contributed by atoms with Crippen LogP contribution < -0.4 is 15.8 Å². The summed E-state index contributed by atoms with van der Waals surface area (Å²) in [5.74, 6) is -0.174. The predicted octanol–water partition coefficient (Wildman–Crippen LogP) is 3.90. The van der Waals surface area contributed by atoms with Gasteiger partial charge in [-0.05, 0) is 50.5 Å². The number of hydrogen-bond acceptors (Lipinski definition) is 8. The zero-order valence-electron chi connectivity index (χ0n) is 22.3. The van der Waals surface area contributed by atoms with E-state index in [4.69, 9.17) is 20.7 Å². The number of nitrogens with one attached hydrogen (secondary N) is 1. The van der Waals surface area contributed by atoms with Crippen LogP contribution in [0, 0.1) is 17.1 Å². The summed E-state index contributed by atoms with van der Waals surface area (Å²) in [5, 5.41) is 11.7. The Kier molecular flexibility index (Phi) is 6.70. The number of nitrogen functional groups attached to an aromatic ring is 1. The van der Waals surface area contributed by atoms with Crippen LogP contribution in [0.4, 0.5) is 16.0 Å². The number of imidazole rings is 1. The summed E-state index contributed by atoms with van der Waals surface area (Å²) in [4.78, 5) is 40.6. The average molecular weight is 555 g/mol. The zero-order chi connectivity index (χ0) is 28.7. The number of anilines is 2. The third kappa shape index (κ3) is 4.69. The average Bonchev–Trinajstić information content (AvgIpc) is 3.54. The SMILES string of the molecule is CCOc1cc(C(=O)Nc2cc(C#N)ccn2)cc(F)c1-c1nc([C@@H]2CC[C@H]3CCC(=O)N3C2)n2ccnc(N)c12. The third-order valence-corrected chi connectivity index (χ3v) is 7.68. The maximum atomic E-state index is 16.0. The second kappa shape index (κ2) is 10.5. The summed E-state index contributed by atoms with van der Waals surface area (Å²) in [6.45, 7) is 2.49. The Morgan fingerprint density at radius 1 is 1.24 bits per heavy atom. The van der Waals surface area contributed by atoms with E-state index in [9.17, 15) is 9.59 Å². The number of hydrogen-bond donors (Lipinski definition) is 2. The number of piperidine rings is 1. The molecule has 208 valence electrons. The summed E-state index contributed by atoms with van der Waals surface area (Å²) in [6.07, 6.45) is 7.83. The molecule has 0 saturated carbocycles.